The van der Waals surface area contributed by atoms with Crippen LogP contribution >= 0.6 is 0 Å². The lowest BCUT2D eigenvalue weighted by molar-refractivity contribution is -0.173. The van der Waals surface area contributed by atoms with Crippen LogP contribution in [-0.2, 0) is 23.9 Å². The summed E-state index contributed by atoms with van der Waals surface area (Å²) in [5.74, 6) is -3.77. The molecule has 2 fully saturated rings. The molecule has 9 atom stereocenters. The third-order valence-corrected chi connectivity index (χ3v) is 12.8. The summed E-state index contributed by atoms with van der Waals surface area (Å²) in [7, 11) is 0. The monoisotopic (exact) mass is 586 g/mol. The minimum atomic E-state index is -1.19. The van der Waals surface area contributed by atoms with Crippen LogP contribution in [0, 0.1) is 45.3 Å². The average molecular weight is 587 g/mol. The van der Waals surface area contributed by atoms with Crippen LogP contribution in [0.3, 0.4) is 0 Å². The van der Waals surface area contributed by atoms with Crippen molar-refractivity contribution in [3.05, 3.63) is 23.3 Å². The van der Waals surface area contributed by atoms with Gasteiger partial charge in [0.2, 0.25) is 0 Å². The van der Waals surface area contributed by atoms with Gasteiger partial charge in [-0.15, -0.1) is 0 Å². The minimum Gasteiger partial charge on any atom is -0.481 e. The van der Waals surface area contributed by atoms with Crippen LogP contribution in [-0.4, -0.2) is 51.2 Å². The van der Waals surface area contributed by atoms with Crippen molar-refractivity contribution in [2.24, 2.45) is 45.3 Å². The van der Waals surface area contributed by atoms with E-state index in [-0.39, 0.29) is 57.9 Å². The number of carboxylic acids is 2. The van der Waals surface area contributed by atoms with Gasteiger partial charge in [-0.2, -0.15) is 0 Å². The Morgan fingerprint density at radius 2 is 1.62 bits per heavy atom. The van der Waals surface area contributed by atoms with E-state index in [0.717, 1.165) is 32.1 Å². The number of hydrogen-bond donors (Lipinski definition) is 3. The van der Waals surface area contributed by atoms with Crippen LogP contribution in [0.2, 0.25) is 0 Å². The second-order valence-electron chi connectivity index (χ2n) is 15.0. The van der Waals surface area contributed by atoms with Gasteiger partial charge in [0.1, 0.15) is 12.5 Å². The number of hydrogen-bond acceptors (Lipinski definition) is 6. The molecule has 0 spiro atoms. The summed E-state index contributed by atoms with van der Waals surface area (Å²) in [5.41, 5.74) is 1.77. The first kappa shape index (κ1) is 32.4. The normalized spacial score (nSPS) is 38.4. The van der Waals surface area contributed by atoms with Gasteiger partial charge in [-0.25, -0.2) is 0 Å². The Morgan fingerprint density at radius 3 is 2.21 bits per heavy atom. The number of aliphatic hydroxyl groups excluding tert-OH is 1. The molecule has 0 saturated heterocycles. The van der Waals surface area contributed by atoms with Crippen molar-refractivity contribution in [1.82, 2.24) is 0 Å². The summed E-state index contributed by atoms with van der Waals surface area (Å²) in [4.78, 5) is 47.8. The first-order valence-electron chi connectivity index (χ1n) is 15.6. The fourth-order valence-corrected chi connectivity index (χ4v) is 10.1. The van der Waals surface area contributed by atoms with Crippen LogP contribution in [0.5, 0.6) is 0 Å². The number of Topliss-reactive ketones (excluding diaryl/α,β-unsaturated/α-hetero) is 1. The van der Waals surface area contributed by atoms with Gasteiger partial charge in [-0.05, 0) is 80.5 Å². The highest BCUT2D eigenvalue weighted by molar-refractivity contribution is 5.99. The molecule has 0 bridgehead atoms. The van der Waals surface area contributed by atoms with Gasteiger partial charge in [0.15, 0.2) is 5.78 Å². The maximum atomic E-state index is 13.0. The number of ether oxygens (including phenoxy) is 1. The predicted molar refractivity (Wildman–Crippen MR) is 157 cm³/mol. The fourth-order valence-electron chi connectivity index (χ4n) is 10.1. The molecule has 2 saturated carbocycles. The molecule has 0 amide bonds. The lowest BCUT2D eigenvalue weighted by Gasteiger charge is -2.63. The highest BCUT2D eigenvalue weighted by Gasteiger charge is 2.66. The Hall–Kier alpha value is -2.48. The van der Waals surface area contributed by atoms with E-state index in [0.29, 0.717) is 12.8 Å². The van der Waals surface area contributed by atoms with Crippen molar-refractivity contribution in [3.63, 3.8) is 0 Å². The maximum absolute atomic E-state index is 13.0. The molecule has 0 unspecified atom stereocenters. The van der Waals surface area contributed by atoms with Crippen molar-refractivity contribution < 1.29 is 39.2 Å². The van der Waals surface area contributed by atoms with Gasteiger partial charge in [-0.3, -0.25) is 19.2 Å². The standard InChI is InChI=1S/C34H50O8/c1-18(15-24(35)19(2)20(3)30(40)41)21-11-14-33(7)22-9-10-25-31(4,5)27(42-29(39)17-28(37)38)12-13-32(25,6)23(22)16-26(36)34(21,33)8/h18,20-21,25-27,36H,2,9-17H2,1,3-8H3,(H,37,38)(H,40,41)/t18-,20-,21-,25-,26-,27-,32-,33+,34+/m1/s1. The molecule has 0 aromatic carbocycles. The number of carbonyl (C=O) groups excluding carboxylic acids is 2. The molecule has 8 nitrogen and oxygen atoms in total. The van der Waals surface area contributed by atoms with Crippen LogP contribution in [0.4, 0.5) is 0 Å². The molecular weight excluding hydrogens is 536 g/mol. The van der Waals surface area contributed by atoms with Gasteiger partial charge in [0.05, 0.1) is 12.0 Å². The quantitative estimate of drug-likeness (QED) is 0.130. The zero-order valence-electron chi connectivity index (χ0n) is 26.4. The van der Waals surface area contributed by atoms with Crippen molar-refractivity contribution >= 4 is 23.7 Å². The van der Waals surface area contributed by atoms with E-state index in [1.54, 1.807) is 0 Å². The molecule has 4 aliphatic rings. The second kappa shape index (κ2) is 10.9. The fraction of sp³-hybridized carbons (Fsp3) is 0.765. The molecule has 4 rings (SSSR count). The molecule has 0 heterocycles. The van der Waals surface area contributed by atoms with Crippen molar-refractivity contribution in [2.45, 2.75) is 118 Å². The number of aliphatic carboxylic acids is 2. The van der Waals surface area contributed by atoms with Gasteiger partial charge >= 0.3 is 17.9 Å². The summed E-state index contributed by atoms with van der Waals surface area (Å²) >= 11 is 0. The van der Waals surface area contributed by atoms with E-state index in [2.05, 4.69) is 48.1 Å². The van der Waals surface area contributed by atoms with Gasteiger partial charge in [-0.1, -0.05) is 59.3 Å². The van der Waals surface area contributed by atoms with E-state index in [1.165, 1.54) is 18.1 Å². The van der Waals surface area contributed by atoms with Gasteiger partial charge in [0.25, 0.3) is 0 Å². The Morgan fingerprint density at radius 1 is 0.976 bits per heavy atom. The second-order valence-corrected chi connectivity index (χ2v) is 15.0. The number of aliphatic hydroxyl groups is 1. The van der Waals surface area contributed by atoms with Crippen LogP contribution in [0.1, 0.15) is 106 Å². The van der Waals surface area contributed by atoms with Crippen molar-refractivity contribution in [3.8, 4) is 0 Å². The van der Waals surface area contributed by atoms with E-state index in [4.69, 9.17) is 9.84 Å². The number of esters is 1. The molecule has 0 aromatic heterocycles. The smallest absolute Gasteiger partial charge is 0.317 e. The molecule has 3 N–H and O–H groups in total. The number of allylic oxidation sites excluding steroid dienone is 1. The molecule has 42 heavy (non-hydrogen) atoms. The average Bonchev–Trinajstić information content (AvgIpc) is 3.17. The summed E-state index contributed by atoms with van der Waals surface area (Å²) in [6.45, 7) is 18.4. The molecule has 0 aliphatic heterocycles. The number of ketones is 1. The van der Waals surface area contributed by atoms with Crippen molar-refractivity contribution in [2.75, 3.05) is 0 Å². The SMILES string of the molecule is C=C(C(=O)C[C@@H](C)[C@H]1CC[C@@]2(C)C3=C(C[C@@H](O)[C@]12C)[C@@]1(C)CC[C@@H](OC(=O)CC(=O)O)C(C)(C)[C@H]1CC3)[C@@H](C)C(=O)O. The van der Waals surface area contributed by atoms with Crippen molar-refractivity contribution in [1.29, 1.82) is 0 Å². The van der Waals surface area contributed by atoms with E-state index < -0.39 is 41.8 Å². The third kappa shape index (κ3) is 4.86. The topological polar surface area (TPSA) is 138 Å². The first-order chi connectivity index (χ1) is 19.3. The molecule has 8 heteroatoms. The number of rotatable bonds is 9. The van der Waals surface area contributed by atoms with Crippen LogP contribution in [0.15, 0.2) is 23.3 Å². The Bertz CT molecular complexity index is 1210. The van der Waals surface area contributed by atoms with E-state index >= 15 is 0 Å². The Kier molecular flexibility index (Phi) is 8.42. The summed E-state index contributed by atoms with van der Waals surface area (Å²) in [6.07, 6.45) is 4.33. The highest BCUT2D eigenvalue weighted by atomic mass is 16.5. The summed E-state index contributed by atoms with van der Waals surface area (Å²) in [5, 5.41) is 30.4. The molecule has 0 aromatic rings. The lowest BCUT2D eigenvalue weighted by Crippen LogP contribution is -2.58. The van der Waals surface area contributed by atoms with Crippen LogP contribution in [0.25, 0.3) is 0 Å². The number of fused-ring (bicyclic) bond motifs is 4. The molecular formula is C34H50O8. The number of carboxylic acid groups (broad SMARTS) is 2. The molecule has 234 valence electrons. The van der Waals surface area contributed by atoms with Gasteiger partial charge in [0, 0.05) is 22.8 Å². The Labute approximate surface area is 250 Å². The Balaban J connectivity index is 1.61. The third-order valence-electron chi connectivity index (χ3n) is 12.8. The molecule has 0 radical (unpaired) electrons. The van der Waals surface area contributed by atoms with E-state index in [1.807, 2.05) is 0 Å². The van der Waals surface area contributed by atoms with Crippen LogP contribution < -0.4 is 0 Å². The molecule has 4 aliphatic carbocycles. The summed E-state index contributed by atoms with van der Waals surface area (Å²) < 4.78 is 5.74. The number of carbonyl (C=O) groups is 4. The van der Waals surface area contributed by atoms with Gasteiger partial charge < -0.3 is 20.1 Å². The summed E-state index contributed by atoms with van der Waals surface area (Å²) in [6, 6.07) is 0. The zero-order valence-corrected chi connectivity index (χ0v) is 26.4. The minimum absolute atomic E-state index is 0.0272. The maximum Gasteiger partial charge on any atom is 0.317 e. The largest absolute Gasteiger partial charge is 0.481 e. The predicted octanol–water partition coefficient (Wildman–Crippen LogP) is 5.97. The first-order valence-corrected chi connectivity index (χ1v) is 15.6. The lowest BCUT2D eigenvalue weighted by atomic mass is 9.42. The highest BCUT2D eigenvalue weighted by Crippen LogP contribution is 2.72. The zero-order chi connectivity index (χ0) is 31.6. The van der Waals surface area contributed by atoms with E-state index in [9.17, 15) is 29.4 Å².